The average Bonchev–Trinajstić information content (AvgIpc) is 3.01. The van der Waals surface area contributed by atoms with Gasteiger partial charge in [0.1, 0.15) is 5.82 Å². The smallest absolute Gasteiger partial charge is 0.168 e. The van der Waals surface area contributed by atoms with Crippen LogP contribution >= 0.6 is 0 Å². The lowest BCUT2D eigenvalue weighted by atomic mass is 10.0. The third kappa shape index (κ3) is 1.64. The number of carbonyl (C=O) groups excluding carboxylic acids is 1. The van der Waals surface area contributed by atoms with Gasteiger partial charge in [-0.1, -0.05) is 12.8 Å². The van der Waals surface area contributed by atoms with E-state index in [9.17, 15) is 9.18 Å². The lowest BCUT2D eigenvalue weighted by Crippen LogP contribution is -2.03. The van der Waals surface area contributed by atoms with Gasteiger partial charge in [-0.2, -0.15) is 0 Å². The van der Waals surface area contributed by atoms with Crippen LogP contribution < -0.4 is 0 Å². The van der Waals surface area contributed by atoms with E-state index >= 15 is 0 Å². The van der Waals surface area contributed by atoms with E-state index in [-0.39, 0.29) is 17.5 Å². The minimum absolute atomic E-state index is 0.228. The number of fused-ring (bicyclic) bond motifs is 2. The first-order valence-corrected chi connectivity index (χ1v) is 7.06. The lowest BCUT2D eigenvalue weighted by Gasteiger charge is -2.04. The van der Waals surface area contributed by atoms with Crippen molar-refractivity contribution >= 4 is 16.7 Å². The molecule has 1 N–H and O–H groups in total. The number of H-pyrrole nitrogens is 1. The van der Waals surface area contributed by atoms with Gasteiger partial charge in [0, 0.05) is 28.6 Å². The van der Waals surface area contributed by atoms with Crippen LogP contribution in [0.2, 0.25) is 0 Å². The molecule has 1 heterocycles. The molecule has 1 aromatic carbocycles. The van der Waals surface area contributed by atoms with Gasteiger partial charge in [-0.05, 0) is 42.9 Å². The van der Waals surface area contributed by atoms with Crippen LogP contribution in [0.1, 0.15) is 36.0 Å². The monoisotopic (exact) mass is 257 g/mol. The number of ketones is 1. The molecule has 2 nitrogen and oxygen atoms in total. The Bertz CT molecular complexity index is 648. The minimum atomic E-state index is -0.270. The number of benzene rings is 1. The van der Waals surface area contributed by atoms with Crippen molar-refractivity contribution in [2.24, 2.45) is 17.8 Å². The predicted octanol–water partition coefficient (Wildman–Crippen LogP) is 3.93. The van der Waals surface area contributed by atoms with Crippen molar-refractivity contribution in [3.05, 3.63) is 35.8 Å². The molecule has 2 atom stereocenters. The predicted molar refractivity (Wildman–Crippen MR) is 71.5 cm³/mol. The number of aromatic nitrogens is 1. The number of Topliss-reactive ketones (excluding diaryl/α,β-unsaturated/α-hetero) is 1. The summed E-state index contributed by atoms with van der Waals surface area (Å²) in [5.74, 6) is 1.45. The topological polar surface area (TPSA) is 32.9 Å². The van der Waals surface area contributed by atoms with Crippen LogP contribution in [0.4, 0.5) is 4.39 Å². The molecule has 2 aliphatic rings. The van der Waals surface area contributed by atoms with Gasteiger partial charge in [0.2, 0.25) is 0 Å². The number of hydrogen-bond donors (Lipinski definition) is 1. The molecule has 0 bridgehead atoms. The average molecular weight is 257 g/mol. The van der Waals surface area contributed by atoms with Crippen LogP contribution in [0.25, 0.3) is 10.9 Å². The van der Waals surface area contributed by atoms with Crippen LogP contribution in [-0.2, 0) is 0 Å². The van der Waals surface area contributed by atoms with Crippen molar-refractivity contribution in [2.45, 2.75) is 25.7 Å². The van der Waals surface area contributed by atoms with E-state index in [0.29, 0.717) is 17.4 Å². The highest BCUT2D eigenvalue weighted by molar-refractivity contribution is 6.10. The first-order valence-electron chi connectivity index (χ1n) is 7.06. The summed E-state index contributed by atoms with van der Waals surface area (Å²) in [7, 11) is 0. The molecule has 19 heavy (non-hydrogen) atoms. The molecule has 2 saturated carbocycles. The highest BCUT2D eigenvalue weighted by atomic mass is 19.1. The van der Waals surface area contributed by atoms with Crippen molar-refractivity contribution in [3.8, 4) is 0 Å². The molecule has 0 radical (unpaired) electrons. The zero-order valence-corrected chi connectivity index (χ0v) is 10.7. The Balaban J connectivity index is 1.69. The van der Waals surface area contributed by atoms with Crippen molar-refractivity contribution in [3.63, 3.8) is 0 Å². The Labute approximate surface area is 111 Å². The molecule has 2 unspecified atom stereocenters. The number of hydrogen-bond acceptors (Lipinski definition) is 1. The fraction of sp³-hybridized carbons (Fsp3) is 0.438. The molecule has 0 aliphatic heterocycles. The van der Waals surface area contributed by atoms with E-state index in [0.717, 1.165) is 10.9 Å². The second-order valence-electron chi connectivity index (χ2n) is 5.89. The van der Waals surface area contributed by atoms with Crippen molar-refractivity contribution in [2.75, 3.05) is 0 Å². The van der Waals surface area contributed by atoms with Gasteiger partial charge in [-0.3, -0.25) is 4.79 Å². The van der Waals surface area contributed by atoms with Crippen LogP contribution in [-0.4, -0.2) is 10.8 Å². The zero-order valence-electron chi connectivity index (χ0n) is 10.7. The van der Waals surface area contributed by atoms with Gasteiger partial charge < -0.3 is 4.98 Å². The van der Waals surface area contributed by atoms with Crippen LogP contribution in [0.15, 0.2) is 24.4 Å². The third-order valence-corrected chi connectivity index (χ3v) is 4.87. The van der Waals surface area contributed by atoms with Crippen molar-refractivity contribution in [1.82, 2.24) is 4.98 Å². The van der Waals surface area contributed by atoms with Crippen LogP contribution in [0.5, 0.6) is 0 Å². The maximum Gasteiger partial charge on any atom is 0.168 e. The van der Waals surface area contributed by atoms with Crippen LogP contribution in [0, 0.1) is 23.6 Å². The highest BCUT2D eigenvalue weighted by Crippen LogP contribution is 2.56. The molecule has 98 valence electrons. The van der Waals surface area contributed by atoms with E-state index in [1.165, 1.54) is 37.8 Å². The number of aromatic amines is 1. The molecule has 4 rings (SSSR count). The van der Waals surface area contributed by atoms with E-state index < -0.39 is 0 Å². The molecule has 0 saturated heterocycles. The van der Waals surface area contributed by atoms with Crippen LogP contribution in [0.3, 0.4) is 0 Å². The maximum absolute atomic E-state index is 13.2. The largest absolute Gasteiger partial charge is 0.360 e. The number of rotatable bonds is 2. The highest BCUT2D eigenvalue weighted by Gasteiger charge is 2.54. The Morgan fingerprint density at radius 1 is 1.21 bits per heavy atom. The fourth-order valence-electron chi connectivity index (χ4n) is 3.86. The van der Waals surface area contributed by atoms with Gasteiger partial charge in [0.25, 0.3) is 0 Å². The molecular weight excluding hydrogens is 241 g/mol. The van der Waals surface area contributed by atoms with Gasteiger partial charge >= 0.3 is 0 Å². The number of halogens is 1. The molecule has 0 spiro atoms. The Morgan fingerprint density at radius 2 is 1.95 bits per heavy atom. The number of nitrogens with one attached hydrogen (secondary N) is 1. The fourth-order valence-corrected chi connectivity index (χ4v) is 3.86. The molecule has 0 amide bonds. The quantitative estimate of drug-likeness (QED) is 0.812. The zero-order chi connectivity index (χ0) is 13.0. The lowest BCUT2D eigenvalue weighted by molar-refractivity contribution is 0.0958. The van der Waals surface area contributed by atoms with Crippen molar-refractivity contribution in [1.29, 1.82) is 0 Å². The number of carbonyl (C=O) groups is 1. The normalized spacial score (nSPS) is 29.2. The summed E-state index contributed by atoms with van der Waals surface area (Å²) in [6, 6.07) is 4.58. The summed E-state index contributed by atoms with van der Waals surface area (Å²) in [4.78, 5) is 15.6. The second kappa shape index (κ2) is 3.92. The second-order valence-corrected chi connectivity index (χ2v) is 5.89. The molecule has 1 aromatic heterocycles. The van der Waals surface area contributed by atoms with Gasteiger partial charge in [-0.25, -0.2) is 4.39 Å². The summed E-state index contributed by atoms with van der Waals surface area (Å²) in [6.45, 7) is 0. The Kier molecular flexibility index (Phi) is 2.32. The standard InChI is InChI=1S/C16H16FNO/c17-9-5-6-10-13(8-18-14(10)7-9)16(19)15-11-3-1-2-4-12(11)15/h5-8,11-12,15,18H,1-4H2. The van der Waals surface area contributed by atoms with Crippen molar-refractivity contribution < 1.29 is 9.18 Å². The van der Waals surface area contributed by atoms with E-state index in [4.69, 9.17) is 0 Å². The summed E-state index contributed by atoms with van der Waals surface area (Å²) in [5, 5.41) is 0.857. The van der Waals surface area contributed by atoms with E-state index in [1.54, 1.807) is 12.3 Å². The molecular formula is C16H16FNO. The molecule has 2 aliphatic carbocycles. The first kappa shape index (κ1) is 11.2. The van der Waals surface area contributed by atoms with E-state index in [2.05, 4.69) is 4.98 Å². The molecule has 2 aromatic rings. The summed E-state index contributed by atoms with van der Waals surface area (Å²) >= 11 is 0. The summed E-state index contributed by atoms with van der Waals surface area (Å²) in [6.07, 6.45) is 6.70. The molecule has 2 fully saturated rings. The Morgan fingerprint density at radius 3 is 2.68 bits per heavy atom. The minimum Gasteiger partial charge on any atom is -0.360 e. The van der Waals surface area contributed by atoms with Gasteiger partial charge in [0.05, 0.1) is 0 Å². The first-order chi connectivity index (χ1) is 9.25. The SMILES string of the molecule is O=C(c1c[nH]c2cc(F)ccc12)C1C2CCCCC21. The molecule has 3 heteroatoms. The van der Waals surface area contributed by atoms with Gasteiger partial charge in [0.15, 0.2) is 5.78 Å². The third-order valence-electron chi connectivity index (χ3n) is 4.87. The van der Waals surface area contributed by atoms with Gasteiger partial charge in [-0.15, -0.1) is 0 Å². The Hall–Kier alpha value is -1.64. The van der Waals surface area contributed by atoms with E-state index in [1.807, 2.05) is 0 Å². The maximum atomic E-state index is 13.2. The summed E-state index contributed by atoms with van der Waals surface area (Å²) in [5.41, 5.74) is 1.46. The summed E-state index contributed by atoms with van der Waals surface area (Å²) < 4.78 is 13.2.